The number of hydrogen-bond donors (Lipinski definition) is 0. The number of hydrogen-bond acceptors (Lipinski definition) is 8. The van der Waals surface area contributed by atoms with Gasteiger partial charge in [-0.1, -0.05) is 319 Å². The Morgan fingerprint density at radius 3 is 1.04 bits per heavy atom. The van der Waals surface area contributed by atoms with Gasteiger partial charge in [0.05, 0.1) is 40.3 Å². The van der Waals surface area contributed by atoms with Crippen molar-refractivity contribution in [1.29, 1.82) is 0 Å². The van der Waals surface area contributed by atoms with Crippen LogP contribution < -0.4 is 5.11 Å². The topological polar surface area (TPSA) is 111 Å². The second-order valence-electron chi connectivity index (χ2n) is 24.4. The van der Waals surface area contributed by atoms with Gasteiger partial charge in [-0.3, -0.25) is 9.59 Å². The molecule has 0 bridgehead atoms. The highest BCUT2D eigenvalue weighted by Crippen LogP contribution is 2.19. The van der Waals surface area contributed by atoms with Crippen LogP contribution >= 0.6 is 0 Å². The second-order valence-corrected chi connectivity index (χ2v) is 24.4. The Morgan fingerprint density at radius 2 is 0.704 bits per heavy atom. The first-order valence-electron chi connectivity index (χ1n) is 34.4. The van der Waals surface area contributed by atoms with Gasteiger partial charge in [0.15, 0.2) is 12.4 Å². The van der Waals surface area contributed by atoms with E-state index in [4.69, 9.17) is 18.9 Å². The summed E-state index contributed by atoms with van der Waals surface area (Å²) >= 11 is 0. The van der Waals surface area contributed by atoms with Gasteiger partial charge in [0.2, 0.25) is 0 Å². The van der Waals surface area contributed by atoms with Gasteiger partial charge in [-0.15, -0.1) is 0 Å². The molecule has 0 amide bonds. The zero-order valence-corrected chi connectivity index (χ0v) is 53.9. The number of allylic oxidation sites excluding steroid dienone is 10. The summed E-state index contributed by atoms with van der Waals surface area (Å²) in [6, 6.07) is 0. The van der Waals surface area contributed by atoms with E-state index in [1.807, 2.05) is 21.1 Å². The Balaban J connectivity index is 3.96. The van der Waals surface area contributed by atoms with E-state index in [2.05, 4.69) is 74.6 Å². The summed E-state index contributed by atoms with van der Waals surface area (Å²) in [4.78, 5) is 37.3. The van der Waals surface area contributed by atoms with Gasteiger partial charge in [-0.2, -0.15) is 0 Å². The van der Waals surface area contributed by atoms with Gasteiger partial charge in [0, 0.05) is 12.8 Å². The van der Waals surface area contributed by atoms with Crippen LogP contribution in [0.1, 0.15) is 322 Å². The van der Waals surface area contributed by atoms with Crippen LogP contribution in [-0.4, -0.2) is 82.3 Å². The monoisotopic (exact) mass is 1140 g/mol. The number of carbonyl (C=O) groups is 3. The van der Waals surface area contributed by atoms with Crippen molar-refractivity contribution in [1.82, 2.24) is 0 Å². The van der Waals surface area contributed by atoms with Crippen molar-refractivity contribution in [2.75, 3.05) is 47.5 Å². The molecule has 0 heterocycles. The minimum Gasteiger partial charge on any atom is -0.545 e. The Labute approximate surface area is 501 Å². The van der Waals surface area contributed by atoms with Crippen LogP contribution in [0.3, 0.4) is 0 Å². The molecule has 0 spiro atoms. The highest BCUT2D eigenvalue weighted by atomic mass is 16.7. The summed E-state index contributed by atoms with van der Waals surface area (Å²) in [6.45, 7) is 4.60. The summed E-state index contributed by atoms with van der Waals surface area (Å²) < 4.78 is 22.7. The molecule has 0 fully saturated rings. The number of carboxylic acid groups (broad SMARTS) is 1. The average Bonchev–Trinajstić information content (AvgIpc) is 3.44. The average molecular weight is 1140 g/mol. The third-order valence-electron chi connectivity index (χ3n) is 15.3. The first-order valence-corrected chi connectivity index (χ1v) is 34.4. The fourth-order valence-corrected chi connectivity index (χ4v) is 10.0. The van der Waals surface area contributed by atoms with Crippen molar-refractivity contribution < 1.29 is 42.9 Å². The molecule has 0 saturated heterocycles. The van der Waals surface area contributed by atoms with E-state index in [-0.39, 0.29) is 38.6 Å². The van der Waals surface area contributed by atoms with E-state index in [9.17, 15) is 19.5 Å². The molecule has 9 nitrogen and oxygen atoms in total. The molecular weight excluding hydrogens is 1010 g/mol. The number of unbranched alkanes of at least 4 members (excludes halogenated alkanes) is 39. The molecule has 0 aliphatic carbocycles. The molecule has 0 aromatic carbocycles. The lowest BCUT2D eigenvalue weighted by atomic mass is 10.0. The molecule has 0 radical (unpaired) electrons. The second kappa shape index (κ2) is 63.0. The molecule has 0 aliphatic rings. The van der Waals surface area contributed by atoms with Crippen molar-refractivity contribution in [3.05, 3.63) is 60.8 Å². The molecule has 0 aromatic rings. The van der Waals surface area contributed by atoms with Gasteiger partial charge in [-0.05, 0) is 51.4 Å². The van der Waals surface area contributed by atoms with E-state index in [1.54, 1.807) is 0 Å². The fourth-order valence-electron chi connectivity index (χ4n) is 10.0. The number of esters is 2. The quantitative estimate of drug-likeness (QED) is 0.0195. The largest absolute Gasteiger partial charge is 0.545 e. The summed E-state index contributed by atoms with van der Waals surface area (Å²) in [5.74, 6) is -2.35. The number of likely N-dealkylation sites (N-methyl/N-ethyl adjacent to an activating group) is 1. The van der Waals surface area contributed by atoms with E-state index in [0.717, 1.165) is 51.4 Å². The molecule has 0 N–H and O–H groups in total. The molecule has 2 atom stereocenters. The third-order valence-corrected chi connectivity index (χ3v) is 15.3. The maximum atomic E-state index is 12.8. The predicted molar refractivity (Wildman–Crippen MR) is 343 cm³/mol. The van der Waals surface area contributed by atoms with Crippen LogP contribution in [-0.2, 0) is 33.3 Å². The summed E-state index contributed by atoms with van der Waals surface area (Å²) in [5, 5.41) is 11.8. The van der Waals surface area contributed by atoms with Crippen LogP contribution in [0.15, 0.2) is 60.8 Å². The van der Waals surface area contributed by atoms with E-state index >= 15 is 0 Å². The molecule has 0 aliphatic heterocycles. The van der Waals surface area contributed by atoms with Gasteiger partial charge in [0.25, 0.3) is 0 Å². The smallest absolute Gasteiger partial charge is 0.306 e. The van der Waals surface area contributed by atoms with Crippen molar-refractivity contribution >= 4 is 17.9 Å². The van der Waals surface area contributed by atoms with Crippen LogP contribution in [0, 0.1) is 0 Å². The van der Waals surface area contributed by atoms with Gasteiger partial charge in [0.1, 0.15) is 13.2 Å². The lowest BCUT2D eigenvalue weighted by Crippen LogP contribution is -2.44. The molecular formula is C72H131NO8. The Morgan fingerprint density at radius 1 is 0.383 bits per heavy atom. The SMILES string of the molecule is CC/C=C\C/C=C\C/C=C\C/C=C\C/C=C\CCCC(=O)OC(COC(=O)CCCCCCCCCCCCCCCCCCCCCCCCCCCCCCCCCCCCCCCCC)COC(OCC[N+](C)(C)C)C(=O)[O-]. The fraction of sp³-hybridized carbons (Fsp3) is 0.819. The lowest BCUT2D eigenvalue weighted by molar-refractivity contribution is -0.870. The van der Waals surface area contributed by atoms with Crippen molar-refractivity contribution in [3.8, 4) is 0 Å². The molecule has 0 rings (SSSR count). The van der Waals surface area contributed by atoms with E-state index < -0.39 is 24.3 Å². The van der Waals surface area contributed by atoms with Crippen molar-refractivity contribution in [3.63, 3.8) is 0 Å². The minimum atomic E-state index is -1.64. The van der Waals surface area contributed by atoms with Gasteiger partial charge >= 0.3 is 11.9 Å². The molecule has 9 heteroatoms. The maximum Gasteiger partial charge on any atom is 0.306 e. The Hall–Kier alpha value is -3.01. The number of carbonyl (C=O) groups excluding carboxylic acids is 3. The first-order chi connectivity index (χ1) is 39.6. The van der Waals surface area contributed by atoms with E-state index in [1.165, 1.54) is 231 Å². The molecule has 472 valence electrons. The highest BCUT2D eigenvalue weighted by molar-refractivity contribution is 5.70. The van der Waals surface area contributed by atoms with Gasteiger partial charge in [-0.25, -0.2) is 0 Å². The number of nitrogens with zero attached hydrogens (tertiary/aromatic N) is 1. The van der Waals surface area contributed by atoms with Crippen LogP contribution in [0.4, 0.5) is 0 Å². The summed E-state index contributed by atoms with van der Waals surface area (Å²) in [5.41, 5.74) is 0. The zero-order chi connectivity index (χ0) is 59.1. The van der Waals surface area contributed by atoms with Crippen LogP contribution in [0.25, 0.3) is 0 Å². The Kier molecular flexibility index (Phi) is 60.7. The standard InChI is InChI=1S/C72H131NO8/c1-6-8-10-12-14-16-18-20-22-24-25-26-27-28-29-30-31-32-33-34-35-36-37-38-39-40-41-42-43-44-45-47-48-50-52-54-56-58-60-62-69(74)79-66-68(67-80-72(71(76)77)78-65-64-73(3,4)5)81-70(75)63-61-59-57-55-53-51-49-46-23-21-19-17-15-13-11-9-7-2/h9,11,15,17,21,23,49,51,55,57,68,72H,6-8,10,12-14,16,18-20,22,24-48,50,52-54,56,58-67H2,1-5H3/b11-9-,17-15-,23-21-,51-49-,57-55-. The number of quaternary nitrogens is 1. The molecule has 2 unspecified atom stereocenters. The summed E-state index contributed by atoms with van der Waals surface area (Å²) in [6.07, 6.45) is 79.3. The molecule has 0 saturated carbocycles. The van der Waals surface area contributed by atoms with Crippen LogP contribution in [0.5, 0.6) is 0 Å². The normalized spacial score (nSPS) is 13.0. The number of ether oxygens (including phenoxy) is 4. The number of carboxylic acids is 1. The zero-order valence-electron chi connectivity index (χ0n) is 53.9. The minimum absolute atomic E-state index is 0.136. The molecule has 0 aromatic heterocycles. The number of rotatable bonds is 64. The lowest BCUT2D eigenvalue weighted by Gasteiger charge is -2.26. The Bertz CT molecular complexity index is 1510. The maximum absolute atomic E-state index is 12.8. The molecule has 81 heavy (non-hydrogen) atoms. The van der Waals surface area contributed by atoms with Crippen molar-refractivity contribution in [2.45, 2.75) is 334 Å². The van der Waals surface area contributed by atoms with Gasteiger partial charge < -0.3 is 33.3 Å². The third kappa shape index (κ3) is 64.4. The highest BCUT2D eigenvalue weighted by Gasteiger charge is 2.22. The van der Waals surface area contributed by atoms with Crippen molar-refractivity contribution in [2.24, 2.45) is 0 Å². The number of aliphatic carboxylic acids is 1. The first kappa shape index (κ1) is 78.0. The van der Waals surface area contributed by atoms with Crippen LogP contribution in [0.2, 0.25) is 0 Å². The summed E-state index contributed by atoms with van der Waals surface area (Å²) in [7, 11) is 5.91. The van der Waals surface area contributed by atoms with E-state index in [0.29, 0.717) is 23.9 Å². The predicted octanol–water partition coefficient (Wildman–Crippen LogP) is 19.8.